The van der Waals surface area contributed by atoms with Gasteiger partial charge in [0.15, 0.2) is 5.78 Å². The standard InChI is InChI=1S/C15H17BrN2O2/c1-9-15(11(3)19)10(2)18(17-9)8-12-7-13(20-4)5-6-14(12)16/h5-7H,8H2,1-4H3. The molecule has 4 nitrogen and oxygen atoms in total. The van der Waals surface area contributed by atoms with Crippen LogP contribution in [0, 0.1) is 13.8 Å². The number of rotatable bonds is 4. The van der Waals surface area contributed by atoms with Gasteiger partial charge in [0.05, 0.1) is 24.9 Å². The van der Waals surface area contributed by atoms with Crippen molar-refractivity contribution in [1.82, 2.24) is 9.78 Å². The molecule has 0 fully saturated rings. The highest BCUT2D eigenvalue weighted by molar-refractivity contribution is 9.10. The van der Waals surface area contributed by atoms with Crippen molar-refractivity contribution in [2.45, 2.75) is 27.3 Å². The number of benzene rings is 1. The molecule has 2 rings (SSSR count). The number of ether oxygens (including phenoxy) is 1. The molecule has 0 saturated heterocycles. The number of hydrogen-bond donors (Lipinski definition) is 0. The van der Waals surface area contributed by atoms with Crippen molar-refractivity contribution in [3.8, 4) is 5.75 Å². The monoisotopic (exact) mass is 336 g/mol. The molecular formula is C15H17BrN2O2. The first-order chi connectivity index (χ1) is 9.43. The maximum absolute atomic E-state index is 11.6. The van der Waals surface area contributed by atoms with Crippen molar-refractivity contribution in [3.05, 3.63) is 45.2 Å². The summed E-state index contributed by atoms with van der Waals surface area (Å²) in [6, 6.07) is 5.81. The predicted octanol–water partition coefficient (Wildman–Crippen LogP) is 3.52. The minimum absolute atomic E-state index is 0.0518. The molecule has 0 unspecified atom stereocenters. The number of methoxy groups -OCH3 is 1. The first-order valence-electron chi connectivity index (χ1n) is 6.31. The highest BCUT2D eigenvalue weighted by atomic mass is 79.9. The molecule has 1 heterocycles. The number of carbonyl (C=O) groups is 1. The maximum atomic E-state index is 11.6. The van der Waals surface area contributed by atoms with E-state index in [1.54, 1.807) is 14.0 Å². The van der Waals surface area contributed by atoms with E-state index in [0.717, 1.165) is 27.2 Å². The Morgan fingerprint density at radius 3 is 2.65 bits per heavy atom. The summed E-state index contributed by atoms with van der Waals surface area (Å²) in [7, 11) is 1.64. The van der Waals surface area contributed by atoms with E-state index in [0.29, 0.717) is 12.1 Å². The Hall–Kier alpha value is -1.62. The van der Waals surface area contributed by atoms with Gasteiger partial charge in [0.25, 0.3) is 0 Å². The summed E-state index contributed by atoms with van der Waals surface area (Å²) in [5.41, 5.74) is 3.44. The molecule has 0 radical (unpaired) electrons. The maximum Gasteiger partial charge on any atom is 0.163 e. The first kappa shape index (κ1) is 14.8. The Kier molecular flexibility index (Phi) is 4.28. The van der Waals surface area contributed by atoms with Gasteiger partial charge in [-0.05, 0) is 44.5 Å². The van der Waals surface area contributed by atoms with Crippen molar-refractivity contribution in [1.29, 1.82) is 0 Å². The third-order valence-electron chi connectivity index (χ3n) is 3.31. The van der Waals surface area contributed by atoms with Gasteiger partial charge in [-0.2, -0.15) is 5.10 Å². The largest absolute Gasteiger partial charge is 0.497 e. The lowest BCUT2D eigenvalue weighted by Gasteiger charge is -2.09. The zero-order valence-corrected chi connectivity index (χ0v) is 13.6. The van der Waals surface area contributed by atoms with Crippen LogP contribution in [0.25, 0.3) is 0 Å². The molecule has 0 amide bonds. The first-order valence-corrected chi connectivity index (χ1v) is 7.10. The highest BCUT2D eigenvalue weighted by Gasteiger charge is 2.16. The molecule has 20 heavy (non-hydrogen) atoms. The van der Waals surface area contributed by atoms with Crippen LogP contribution in [0.15, 0.2) is 22.7 Å². The van der Waals surface area contributed by atoms with E-state index in [9.17, 15) is 4.79 Å². The number of ketones is 1. The second-order valence-corrected chi connectivity index (χ2v) is 5.57. The lowest BCUT2D eigenvalue weighted by atomic mass is 10.1. The van der Waals surface area contributed by atoms with E-state index < -0.39 is 0 Å². The number of hydrogen-bond acceptors (Lipinski definition) is 3. The average molecular weight is 337 g/mol. The summed E-state index contributed by atoms with van der Waals surface area (Å²) in [5, 5.41) is 4.46. The molecule has 0 aliphatic heterocycles. The fraction of sp³-hybridized carbons (Fsp3) is 0.333. The Balaban J connectivity index is 2.40. The molecule has 106 valence electrons. The molecular weight excluding hydrogens is 320 g/mol. The normalized spacial score (nSPS) is 10.7. The van der Waals surface area contributed by atoms with Crippen LogP contribution < -0.4 is 4.74 Å². The molecule has 2 aromatic rings. The second-order valence-electron chi connectivity index (χ2n) is 4.72. The van der Waals surface area contributed by atoms with Gasteiger partial charge >= 0.3 is 0 Å². The van der Waals surface area contributed by atoms with Gasteiger partial charge in [-0.15, -0.1) is 0 Å². The highest BCUT2D eigenvalue weighted by Crippen LogP contribution is 2.24. The molecule has 1 aromatic carbocycles. The number of aryl methyl sites for hydroxylation is 1. The topological polar surface area (TPSA) is 44.1 Å². The zero-order chi connectivity index (χ0) is 14.9. The van der Waals surface area contributed by atoms with Crippen LogP contribution in [0.5, 0.6) is 5.75 Å². The fourth-order valence-electron chi connectivity index (χ4n) is 2.32. The van der Waals surface area contributed by atoms with Crippen LogP contribution in [-0.2, 0) is 6.54 Å². The minimum Gasteiger partial charge on any atom is -0.497 e. The molecule has 0 bridgehead atoms. The minimum atomic E-state index is 0.0518. The van der Waals surface area contributed by atoms with E-state index in [-0.39, 0.29) is 5.78 Å². The van der Waals surface area contributed by atoms with E-state index in [2.05, 4.69) is 21.0 Å². The molecule has 0 saturated carbocycles. The van der Waals surface area contributed by atoms with Crippen LogP contribution in [-0.4, -0.2) is 22.7 Å². The van der Waals surface area contributed by atoms with Crippen LogP contribution in [0.4, 0.5) is 0 Å². The van der Waals surface area contributed by atoms with Crippen LogP contribution in [0.1, 0.15) is 34.2 Å². The van der Waals surface area contributed by atoms with Gasteiger partial charge in [-0.1, -0.05) is 15.9 Å². The summed E-state index contributed by atoms with van der Waals surface area (Å²) in [5.74, 6) is 0.854. The average Bonchev–Trinajstić information content (AvgIpc) is 2.67. The Morgan fingerprint density at radius 1 is 1.40 bits per heavy atom. The summed E-state index contributed by atoms with van der Waals surface area (Å²) in [6.07, 6.45) is 0. The van der Waals surface area contributed by atoms with Crippen LogP contribution >= 0.6 is 15.9 Å². The molecule has 0 aliphatic carbocycles. The molecule has 0 N–H and O–H groups in total. The third kappa shape index (κ3) is 2.77. The Morgan fingerprint density at radius 2 is 2.10 bits per heavy atom. The number of Topliss-reactive ketones (excluding diaryl/α,β-unsaturated/α-hetero) is 1. The van der Waals surface area contributed by atoms with Crippen molar-refractivity contribution < 1.29 is 9.53 Å². The number of halogens is 1. The molecule has 0 atom stereocenters. The SMILES string of the molecule is COc1ccc(Br)c(Cn2nc(C)c(C(C)=O)c2C)c1. The smallest absolute Gasteiger partial charge is 0.163 e. The number of aromatic nitrogens is 2. The molecule has 0 aliphatic rings. The quantitative estimate of drug-likeness (QED) is 0.802. The van der Waals surface area contributed by atoms with Gasteiger partial charge in [0.2, 0.25) is 0 Å². The molecule has 5 heteroatoms. The van der Waals surface area contributed by atoms with Gasteiger partial charge in [-0.3, -0.25) is 9.48 Å². The fourth-order valence-corrected chi connectivity index (χ4v) is 2.69. The molecule has 0 spiro atoms. The number of nitrogens with zero attached hydrogens (tertiary/aromatic N) is 2. The predicted molar refractivity (Wildman–Crippen MR) is 81.5 cm³/mol. The summed E-state index contributed by atoms with van der Waals surface area (Å²) < 4.78 is 8.09. The van der Waals surface area contributed by atoms with Gasteiger partial charge in [0, 0.05) is 10.2 Å². The lowest BCUT2D eigenvalue weighted by Crippen LogP contribution is -2.06. The summed E-state index contributed by atoms with van der Waals surface area (Å²) in [4.78, 5) is 11.6. The second kappa shape index (κ2) is 5.79. The van der Waals surface area contributed by atoms with Crippen molar-refractivity contribution in [2.75, 3.05) is 7.11 Å². The third-order valence-corrected chi connectivity index (χ3v) is 4.08. The van der Waals surface area contributed by atoms with E-state index in [1.165, 1.54) is 0 Å². The summed E-state index contributed by atoms with van der Waals surface area (Å²) in [6.45, 7) is 5.95. The van der Waals surface area contributed by atoms with E-state index in [4.69, 9.17) is 4.74 Å². The van der Waals surface area contributed by atoms with Crippen LogP contribution in [0.3, 0.4) is 0 Å². The van der Waals surface area contributed by atoms with Crippen molar-refractivity contribution in [2.24, 2.45) is 0 Å². The van der Waals surface area contributed by atoms with Crippen molar-refractivity contribution >= 4 is 21.7 Å². The Labute approximate surface area is 126 Å². The Bertz CT molecular complexity index is 662. The lowest BCUT2D eigenvalue weighted by molar-refractivity contribution is 0.101. The van der Waals surface area contributed by atoms with Crippen LogP contribution in [0.2, 0.25) is 0 Å². The van der Waals surface area contributed by atoms with Gasteiger partial charge < -0.3 is 4.74 Å². The van der Waals surface area contributed by atoms with Crippen molar-refractivity contribution in [3.63, 3.8) is 0 Å². The zero-order valence-electron chi connectivity index (χ0n) is 12.0. The summed E-state index contributed by atoms with van der Waals surface area (Å²) >= 11 is 3.53. The van der Waals surface area contributed by atoms with Gasteiger partial charge in [-0.25, -0.2) is 0 Å². The van der Waals surface area contributed by atoms with E-state index >= 15 is 0 Å². The van der Waals surface area contributed by atoms with E-state index in [1.807, 2.05) is 36.7 Å². The van der Waals surface area contributed by atoms with Gasteiger partial charge in [0.1, 0.15) is 5.75 Å². The molecule has 1 aromatic heterocycles. The number of carbonyl (C=O) groups excluding carboxylic acids is 1.